The van der Waals surface area contributed by atoms with E-state index in [1.165, 1.54) is 5.56 Å². The number of rotatable bonds is 5. The number of hydrogen-bond donors (Lipinski definition) is 0. The maximum Gasteiger partial charge on any atom is 0.129 e. The minimum absolute atomic E-state index is 0.260. The van der Waals surface area contributed by atoms with Gasteiger partial charge in [0.25, 0.3) is 0 Å². The first-order chi connectivity index (χ1) is 7.13. The number of Topliss-reactive ketones (excluding diaryl/α,β-unsaturated/α-hetero) is 1. The predicted octanol–water partition coefficient (Wildman–Crippen LogP) is 3.17. The second-order valence-electron chi connectivity index (χ2n) is 3.91. The Hall–Kier alpha value is -1.31. The van der Waals surface area contributed by atoms with Crippen LogP contribution in [0.4, 0.5) is 0 Å². The van der Waals surface area contributed by atoms with Crippen molar-refractivity contribution in [1.29, 1.82) is 0 Å². The molecule has 1 rings (SSSR count). The molecule has 0 heterocycles. The lowest BCUT2D eigenvalue weighted by Gasteiger charge is -2.11. The van der Waals surface area contributed by atoms with E-state index in [4.69, 9.17) is 4.74 Å². The molecule has 0 aromatic heterocycles. The van der Waals surface area contributed by atoms with Crippen LogP contribution in [0.25, 0.3) is 0 Å². The summed E-state index contributed by atoms with van der Waals surface area (Å²) in [6.45, 7) is 3.78. The fraction of sp³-hybridized carbons (Fsp3) is 0.462. The molecule has 0 aliphatic rings. The third-order valence-electron chi connectivity index (χ3n) is 2.61. The zero-order valence-electron chi connectivity index (χ0n) is 9.62. The summed E-state index contributed by atoms with van der Waals surface area (Å²) >= 11 is 0. The van der Waals surface area contributed by atoms with E-state index in [-0.39, 0.29) is 5.78 Å². The van der Waals surface area contributed by atoms with Gasteiger partial charge in [0.2, 0.25) is 0 Å². The van der Waals surface area contributed by atoms with E-state index >= 15 is 0 Å². The van der Waals surface area contributed by atoms with Gasteiger partial charge in [-0.1, -0.05) is 19.1 Å². The van der Waals surface area contributed by atoms with Crippen molar-refractivity contribution >= 4 is 5.78 Å². The summed E-state index contributed by atoms with van der Waals surface area (Å²) in [6.07, 6.45) is 1.58. The number of hydrogen-bond acceptors (Lipinski definition) is 2. The van der Waals surface area contributed by atoms with Crippen LogP contribution in [0.15, 0.2) is 24.3 Å². The lowest BCUT2D eigenvalue weighted by molar-refractivity contribution is -0.117. The molecule has 0 amide bonds. The van der Waals surface area contributed by atoms with Crippen LogP contribution >= 0.6 is 0 Å². The van der Waals surface area contributed by atoms with Gasteiger partial charge in [0.15, 0.2) is 0 Å². The van der Waals surface area contributed by atoms with E-state index in [2.05, 4.69) is 19.1 Å². The van der Waals surface area contributed by atoms with E-state index in [1.54, 1.807) is 14.0 Å². The number of ether oxygens (including phenoxy) is 1. The van der Waals surface area contributed by atoms with E-state index in [9.17, 15) is 4.79 Å². The molecule has 15 heavy (non-hydrogen) atoms. The van der Waals surface area contributed by atoms with Gasteiger partial charge in [-0.05, 0) is 37.0 Å². The van der Waals surface area contributed by atoms with Crippen molar-refractivity contribution in [2.75, 3.05) is 7.11 Å². The Balaban J connectivity index is 2.57. The first kappa shape index (κ1) is 11.8. The van der Waals surface area contributed by atoms with Gasteiger partial charge in [-0.15, -0.1) is 0 Å². The number of methoxy groups -OCH3 is 1. The fourth-order valence-corrected chi connectivity index (χ4v) is 1.52. The maximum atomic E-state index is 10.9. The molecule has 82 valence electrons. The van der Waals surface area contributed by atoms with Gasteiger partial charge in [-0.25, -0.2) is 0 Å². The molecule has 1 atom stereocenters. The highest BCUT2D eigenvalue weighted by atomic mass is 16.5. The molecular weight excluding hydrogens is 188 g/mol. The summed E-state index contributed by atoms with van der Waals surface area (Å²) in [4.78, 5) is 10.9. The summed E-state index contributed by atoms with van der Waals surface area (Å²) < 4.78 is 5.09. The third kappa shape index (κ3) is 3.74. The zero-order chi connectivity index (χ0) is 11.3. The average Bonchev–Trinajstić information content (AvgIpc) is 2.26. The Kier molecular flexibility index (Phi) is 4.35. The molecule has 0 radical (unpaired) electrons. The van der Waals surface area contributed by atoms with Gasteiger partial charge >= 0.3 is 0 Å². The van der Waals surface area contributed by atoms with Crippen LogP contribution in [-0.4, -0.2) is 12.9 Å². The molecule has 0 bridgehead atoms. The van der Waals surface area contributed by atoms with Gasteiger partial charge in [0, 0.05) is 6.42 Å². The van der Waals surface area contributed by atoms with Crippen LogP contribution in [0, 0.1) is 0 Å². The quantitative estimate of drug-likeness (QED) is 0.739. The van der Waals surface area contributed by atoms with Gasteiger partial charge in [0.1, 0.15) is 11.5 Å². The van der Waals surface area contributed by atoms with Crippen molar-refractivity contribution < 1.29 is 9.53 Å². The van der Waals surface area contributed by atoms with Gasteiger partial charge in [-0.2, -0.15) is 0 Å². The fourth-order valence-electron chi connectivity index (χ4n) is 1.52. The van der Waals surface area contributed by atoms with E-state index in [1.807, 2.05) is 12.1 Å². The summed E-state index contributed by atoms with van der Waals surface area (Å²) in [6, 6.07) is 8.03. The Morgan fingerprint density at radius 1 is 1.33 bits per heavy atom. The average molecular weight is 206 g/mol. The SMILES string of the molecule is COc1ccc([C@H](C)CCC(C)=O)cc1. The largest absolute Gasteiger partial charge is 0.497 e. The van der Waals surface area contributed by atoms with Crippen molar-refractivity contribution in [2.45, 2.75) is 32.6 Å². The van der Waals surface area contributed by atoms with E-state index in [0.29, 0.717) is 12.3 Å². The first-order valence-electron chi connectivity index (χ1n) is 5.27. The Morgan fingerprint density at radius 2 is 1.93 bits per heavy atom. The minimum atomic E-state index is 0.260. The molecule has 0 unspecified atom stereocenters. The van der Waals surface area contributed by atoms with Crippen LogP contribution in [0.1, 0.15) is 38.2 Å². The first-order valence-corrected chi connectivity index (χ1v) is 5.27. The minimum Gasteiger partial charge on any atom is -0.497 e. The molecule has 1 aromatic rings. The van der Waals surface area contributed by atoms with Crippen LogP contribution in [0.3, 0.4) is 0 Å². The topological polar surface area (TPSA) is 26.3 Å². The van der Waals surface area contributed by atoms with Crippen LogP contribution < -0.4 is 4.74 Å². The lowest BCUT2D eigenvalue weighted by atomic mass is 9.95. The lowest BCUT2D eigenvalue weighted by Crippen LogP contribution is -1.98. The highest BCUT2D eigenvalue weighted by Crippen LogP contribution is 2.22. The molecule has 0 aliphatic heterocycles. The number of benzene rings is 1. The smallest absolute Gasteiger partial charge is 0.129 e. The highest BCUT2D eigenvalue weighted by molar-refractivity contribution is 5.75. The predicted molar refractivity (Wildman–Crippen MR) is 61.3 cm³/mol. The zero-order valence-corrected chi connectivity index (χ0v) is 9.62. The van der Waals surface area contributed by atoms with E-state index in [0.717, 1.165) is 12.2 Å². The van der Waals surface area contributed by atoms with Crippen molar-refractivity contribution in [3.05, 3.63) is 29.8 Å². The summed E-state index contributed by atoms with van der Waals surface area (Å²) in [5, 5.41) is 0. The summed E-state index contributed by atoms with van der Waals surface area (Å²) in [7, 11) is 1.66. The van der Waals surface area contributed by atoms with Crippen molar-refractivity contribution in [3.8, 4) is 5.75 Å². The van der Waals surface area contributed by atoms with Crippen molar-refractivity contribution in [2.24, 2.45) is 0 Å². The summed E-state index contributed by atoms with van der Waals surface area (Å²) in [5.74, 6) is 1.56. The normalized spacial score (nSPS) is 12.2. The summed E-state index contributed by atoms with van der Waals surface area (Å²) in [5.41, 5.74) is 1.26. The molecule has 0 N–H and O–H groups in total. The van der Waals surface area contributed by atoms with E-state index < -0.39 is 0 Å². The van der Waals surface area contributed by atoms with Crippen molar-refractivity contribution in [3.63, 3.8) is 0 Å². The number of carbonyl (C=O) groups is 1. The van der Waals surface area contributed by atoms with Gasteiger partial charge in [-0.3, -0.25) is 0 Å². The number of carbonyl (C=O) groups excluding carboxylic acids is 1. The second kappa shape index (κ2) is 5.54. The molecule has 0 aliphatic carbocycles. The standard InChI is InChI=1S/C13H18O2/c1-10(4-5-11(2)14)12-6-8-13(15-3)9-7-12/h6-10H,4-5H2,1-3H3/t10-/m1/s1. The van der Waals surface area contributed by atoms with Crippen LogP contribution in [-0.2, 0) is 4.79 Å². The van der Waals surface area contributed by atoms with Crippen molar-refractivity contribution in [1.82, 2.24) is 0 Å². The molecule has 0 fully saturated rings. The molecule has 1 aromatic carbocycles. The molecule has 0 spiro atoms. The van der Waals surface area contributed by atoms with Gasteiger partial charge < -0.3 is 9.53 Å². The Labute approximate surface area is 91.3 Å². The Bertz CT molecular complexity index is 314. The molecule has 0 saturated heterocycles. The molecule has 2 nitrogen and oxygen atoms in total. The monoisotopic (exact) mass is 206 g/mol. The maximum absolute atomic E-state index is 10.9. The highest BCUT2D eigenvalue weighted by Gasteiger charge is 2.06. The van der Waals surface area contributed by atoms with Crippen LogP contribution in [0.2, 0.25) is 0 Å². The number of ketones is 1. The third-order valence-corrected chi connectivity index (χ3v) is 2.61. The molecule has 0 saturated carbocycles. The second-order valence-corrected chi connectivity index (χ2v) is 3.91. The molecular formula is C13H18O2. The van der Waals surface area contributed by atoms with Crippen LogP contribution in [0.5, 0.6) is 5.75 Å². The Morgan fingerprint density at radius 3 is 2.40 bits per heavy atom. The van der Waals surface area contributed by atoms with Gasteiger partial charge in [0.05, 0.1) is 7.11 Å². The molecule has 2 heteroatoms.